The average Bonchev–Trinajstić information content (AvgIpc) is 2.03. The maximum atomic E-state index is 5.20. The summed E-state index contributed by atoms with van der Waals surface area (Å²) in [6, 6.07) is 0. The van der Waals surface area contributed by atoms with E-state index in [1.807, 2.05) is 20.3 Å². The molecule has 11 heavy (non-hydrogen) atoms. The molecule has 0 spiro atoms. The van der Waals surface area contributed by atoms with Gasteiger partial charge in [0, 0.05) is 13.7 Å². The van der Waals surface area contributed by atoms with Crippen molar-refractivity contribution in [3.63, 3.8) is 0 Å². The standard InChI is InChI=1S/C8H18N2O/c1-9-6-4-3-5-7-11-8-10-2/h4,6,9-10H,3,5,7-8H2,1-2H3/b6-4-. The highest BCUT2D eigenvalue weighted by Gasteiger charge is 1.83. The second-order valence-corrected chi connectivity index (χ2v) is 2.24. The highest BCUT2D eigenvalue weighted by molar-refractivity contribution is 4.77. The first-order valence-corrected chi connectivity index (χ1v) is 3.96. The molecule has 0 atom stereocenters. The summed E-state index contributed by atoms with van der Waals surface area (Å²) in [5.41, 5.74) is 0. The Morgan fingerprint density at radius 1 is 1.36 bits per heavy atom. The van der Waals surface area contributed by atoms with Crippen LogP contribution < -0.4 is 10.6 Å². The van der Waals surface area contributed by atoms with E-state index in [4.69, 9.17) is 4.74 Å². The van der Waals surface area contributed by atoms with Crippen LogP contribution in [0.3, 0.4) is 0 Å². The summed E-state index contributed by atoms with van der Waals surface area (Å²) in [6.07, 6.45) is 6.20. The maximum absolute atomic E-state index is 5.20. The fraction of sp³-hybridized carbons (Fsp3) is 0.750. The molecule has 3 heteroatoms. The summed E-state index contributed by atoms with van der Waals surface area (Å²) in [6.45, 7) is 1.48. The van der Waals surface area contributed by atoms with E-state index in [1.54, 1.807) is 0 Å². The van der Waals surface area contributed by atoms with Gasteiger partial charge in [0.1, 0.15) is 0 Å². The Hall–Kier alpha value is -0.540. The van der Waals surface area contributed by atoms with Crippen LogP contribution in [0.2, 0.25) is 0 Å². The predicted molar refractivity (Wildman–Crippen MR) is 47.3 cm³/mol. The third-order valence-corrected chi connectivity index (χ3v) is 1.19. The number of allylic oxidation sites excluding steroid dienone is 1. The smallest absolute Gasteiger partial charge is 0.0962 e. The topological polar surface area (TPSA) is 33.3 Å². The van der Waals surface area contributed by atoms with Crippen LogP contribution in [0.1, 0.15) is 12.8 Å². The molecule has 0 radical (unpaired) electrons. The molecule has 0 saturated heterocycles. The SMILES string of the molecule is CN/C=C\CCCOCNC. The third kappa shape index (κ3) is 9.46. The van der Waals surface area contributed by atoms with Gasteiger partial charge >= 0.3 is 0 Å². The van der Waals surface area contributed by atoms with Crippen molar-refractivity contribution in [3.05, 3.63) is 12.3 Å². The Bertz CT molecular complexity index is 94.1. The number of nitrogens with one attached hydrogen (secondary N) is 2. The van der Waals surface area contributed by atoms with Crippen LogP contribution in [0, 0.1) is 0 Å². The molecule has 0 heterocycles. The van der Waals surface area contributed by atoms with Crippen molar-refractivity contribution in [2.24, 2.45) is 0 Å². The summed E-state index contributed by atoms with van der Waals surface area (Å²) >= 11 is 0. The zero-order valence-electron chi connectivity index (χ0n) is 7.39. The molecular weight excluding hydrogens is 140 g/mol. The first-order valence-electron chi connectivity index (χ1n) is 3.96. The van der Waals surface area contributed by atoms with E-state index in [0.29, 0.717) is 6.73 Å². The van der Waals surface area contributed by atoms with Crippen molar-refractivity contribution < 1.29 is 4.74 Å². The monoisotopic (exact) mass is 158 g/mol. The number of unbranched alkanes of at least 4 members (excludes halogenated alkanes) is 1. The van der Waals surface area contributed by atoms with Crippen LogP contribution in [0.15, 0.2) is 12.3 Å². The van der Waals surface area contributed by atoms with E-state index >= 15 is 0 Å². The first kappa shape index (κ1) is 10.5. The van der Waals surface area contributed by atoms with Crippen molar-refractivity contribution >= 4 is 0 Å². The zero-order chi connectivity index (χ0) is 8.36. The lowest BCUT2D eigenvalue weighted by Gasteiger charge is -1.99. The van der Waals surface area contributed by atoms with E-state index in [-0.39, 0.29) is 0 Å². The average molecular weight is 158 g/mol. The number of ether oxygens (including phenoxy) is 1. The minimum absolute atomic E-state index is 0.649. The molecule has 3 nitrogen and oxygen atoms in total. The lowest BCUT2D eigenvalue weighted by atomic mass is 10.3. The van der Waals surface area contributed by atoms with Gasteiger partial charge in [0.2, 0.25) is 0 Å². The van der Waals surface area contributed by atoms with E-state index in [9.17, 15) is 0 Å². The summed E-state index contributed by atoms with van der Waals surface area (Å²) in [5.74, 6) is 0. The van der Waals surface area contributed by atoms with Crippen LogP contribution in [0.25, 0.3) is 0 Å². The lowest BCUT2D eigenvalue weighted by Crippen LogP contribution is -2.11. The van der Waals surface area contributed by atoms with E-state index in [2.05, 4.69) is 16.7 Å². The molecule has 0 bridgehead atoms. The van der Waals surface area contributed by atoms with E-state index < -0.39 is 0 Å². The van der Waals surface area contributed by atoms with Gasteiger partial charge in [0.25, 0.3) is 0 Å². The minimum atomic E-state index is 0.649. The van der Waals surface area contributed by atoms with Crippen molar-refractivity contribution in [2.45, 2.75) is 12.8 Å². The molecule has 0 aromatic carbocycles. The van der Waals surface area contributed by atoms with Crippen molar-refractivity contribution in [2.75, 3.05) is 27.4 Å². The van der Waals surface area contributed by atoms with Gasteiger partial charge < -0.3 is 10.1 Å². The van der Waals surface area contributed by atoms with Crippen molar-refractivity contribution in [1.82, 2.24) is 10.6 Å². The van der Waals surface area contributed by atoms with Crippen molar-refractivity contribution in [3.8, 4) is 0 Å². The fourth-order valence-corrected chi connectivity index (χ4v) is 0.679. The molecule has 0 aromatic rings. The second-order valence-electron chi connectivity index (χ2n) is 2.24. The fourth-order valence-electron chi connectivity index (χ4n) is 0.679. The maximum Gasteiger partial charge on any atom is 0.0962 e. The molecule has 0 aromatic heterocycles. The highest BCUT2D eigenvalue weighted by atomic mass is 16.5. The predicted octanol–water partition coefficient (Wildman–Crippen LogP) is 0.693. The van der Waals surface area contributed by atoms with Crippen LogP contribution in [0.5, 0.6) is 0 Å². The van der Waals surface area contributed by atoms with Gasteiger partial charge in [-0.2, -0.15) is 0 Å². The van der Waals surface area contributed by atoms with Crippen LogP contribution in [-0.2, 0) is 4.74 Å². The van der Waals surface area contributed by atoms with Crippen LogP contribution >= 0.6 is 0 Å². The Kier molecular flexibility index (Phi) is 9.00. The Labute approximate surface area is 68.8 Å². The van der Waals surface area contributed by atoms with Gasteiger partial charge in [0.15, 0.2) is 0 Å². The Morgan fingerprint density at radius 3 is 2.82 bits per heavy atom. The first-order chi connectivity index (χ1) is 5.41. The van der Waals surface area contributed by atoms with Gasteiger partial charge in [-0.15, -0.1) is 0 Å². The minimum Gasteiger partial charge on any atom is -0.394 e. The van der Waals surface area contributed by atoms with Crippen LogP contribution in [0.4, 0.5) is 0 Å². The molecule has 0 aliphatic heterocycles. The molecule has 0 aliphatic carbocycles. The number of rotatable bonds is 7. The molecular formula is C8H18N2O. The van der Waals surface area contributed by atoms with Crippen LogP contribution in [-0.4, -0.2) is 27.4 Å². The third-order valence-electron chi connectivity index (χ3n) is 1.19. The molecule has 0 fully saturated rings. The Balaban J connectivity index is 2.85. The molecule has 0 unspecified atom stereocenters. The van der Waals surface area contributed by atoms with Gasteiger partial charge in [-0.3, -0.25) is 5.32 Å². The second kappa shape index (κ2) is 9.46. The summed E-state index contributed by atoms with van der Waals surface area (Å²) < 4.78 is 5.20. The molecule has 66 valence electrons. The van der Waals surface area contributed by atoms with Gasteiger partial charge in [0.05, 0.1) is 6.73 Å². The number of hydrogen-bond donors (Lipinski definition) is 2. The highest BCUT2D eigenvalue weighted by Crippen LogP contribution is 1.89. The zero-order valence-corrected chi connectivity index (χ0v) is 7.39. The summed E-state index contributed by atoms with van der Waals surface area (Å²) in [7, 11) is 3.77. The summed E-state index contributed by atoms with van der Waals surface area (Å²) in [4.78, 5) is 0. The van der Waals surface area contributed by atoms with Gasteiger partial charge in [-0.05, 0) is 26.1 Å². The lowest BCUT2D eigenvalue weighted by molar-refractivity contribution is 0.120. The van der Waals surface area contributed by atoms with E-state index in [0.717, 1.165) is 19.4 Å². The molecule has 0 amide bonds. The molecule has 0 aliphatic rings. The molecule has 2 N–H and O–H groups in total. The largest absolute Gasteiger partial charge is 0.394 e. The molecule has 0 saturated carbocycles. The Morgan fingerprint density at radius 2 is 2.18 bits per heavy atom. The van der Waals surface area contributed by atoms with E-state index in [1.165, 1.54) is 0 Å². The number of hydrogen-bond acceptors (Lipinski definition) is 3. The normalized spacial score (nSPS) is 10.7. The van der Waals surface area contributed by atoms with Gasteiger partial charge in [-0.25, -0.2) is 0 Å². The molecule has 0 rings (SSSR count). The summed E-state index contributed by atoms with van der Waals surface area (Å²) in [5, 5.41) is 5.85. The van der Waals surface area contributed by atoms with Crippen molar-refractivity contribution in [1.29, 1.82) is 0 Å². The quantitative estimate of drug-likeness (QED) is 0.422. The van der Waals surface area contributed by atoms with Gasteiger partial charge in [-0.1, -0.05) is 6.08 Å².